The largest absolute Gasteiger partial charge is 1.00 e. The molecule has 0 saturated heterocycles. The summed E-state index contributed by atoms with van der Waals surface area (Å²) in [5, 5.41) is 0. The first-order valence-corrected chi connectivity index (χ1v) is 7.76. The van der Waals surface area contributed by atoms with Crippen LogP contribution in [0.4, 0.5) is 0 Å². The monoisotopic (exact) mass is 208 g/mol. The van der Waals surface area contributed by atoms with Crippen molar-refractivity contribution in [2.24, 2.45) is 0 Å². The van der Waals surface area contributed by atoms with Crippen LogP contribution in [0.25, 0.3) is 0 Å². The molecule has 0 aliphatic heterocycles. The average Bonchev–Trinajstić information content (AvgIpc) is 1.61. The Balaban J connectivity index is -0.0000000817. The summed E-state index contributed by atoms with van der Waals surface area (Å²) in [6.45, 7) is 9.42. The number of hydrogen-bond donors (Lipinski definition) is 0. The van der Waals surface area contributed by atoms with Crippen molar-refractivity contribution in [2.75, 3.05) is 39.0 Å². The van der Waals surface area contributed by atoms with E-state index in [-0.39, 0.29) is 19.9 Å². The summed E-state index contributed by atoms with van der Waals surface area (Å²) in [7, 11) is 0.766. The molecule has 0 aromatic heterocycles. The third-order valence-electron chi connectivity index (χ3n) is 0.994. The Bertz CT molecular complexity index is 54.5. The molecule has 0 aromatic rings. The van der Waals surface area contributed by atoms with Crippen LogP contribution in [0.15, 0.2) is 0 Å². The summed E-state index contributed by atoms with van der Waals surface area (Å²) in [4.78, 5) is 0. The molecule has 0 fully saturated rings. The van der Waals surface area contributed by atoms with Gasteiger partial charge >= 0.3 is 0 Å². The minimum Gasteiger partial charge on any atom is -1.00 e. The van der Waals surface area contributed by atoms with Gasteiger partial charge in [0.2, 0.25) is 0 Å². The molecular formula is C6H18FeP2-2. The van der Waals surface area contributed by atoms with E-state index >= 15 is 0 Å². The van der Waals surface area contributed by atoms with Gasteiger partial charge in [-0.3, -0.25) is 0 Å². The van der Waals surface area contributed by atoms with Crippen LogP contribution >= 0.6 is 15.8 Å². The van der Waals surface area contributed by atoms with Crippen LogP contribution in [0.1, 0.15) is 2.85 Å². The Hall–Kier alpha value is 1.38. The first-order chi connectivity index (χ1) is 3.63. The van der Waals surface area contributed by atoms with Gasteiger partial charge in [0.05, 0.1) is 0 Å². The zero-order valence-corrected chi connectivity index (χ0v) is 9.56. The van der Waals surface area contributed by atoms with Gasteiger partial charge in [-0.2, -0.15) is 0 Å². The summed E-state index contributed by atoms with van der Waals surface area (Å²) in [6, 6.07) is 0. The Morgan fingerprint density at radius 2 is 1.11 bits per heavy atom. The van der Waals surface area contributed by atoms with Gasteiger partial charge in [-0.15, -0.1) is 15.8 Å². The van der Waals surface area contributed by atoms with Gasteiger partial charge in [0.25, 0.3) is 0 Å². The first kappa shape index (κ1) is 13.0. The molecule has 0 rings (SSSR count). The summed E-state index contributed by atoms with van der Waals surface area (Å²) < 4.78 is 0. The van der Waals surface area contributed by atoms with Crippen molar-refractivity contribution in [3.8, 4) is 0 Å². The van der Waals surface area contributed by atoms with E-state index in [9.17, 15) is 0 Å². The Morgan fingerprint density at radius 3 is 1.22 bits per heavy atom. The van der Waals surface area contributed by atoms with Gasteiger partial charge in [0.1, 0.15) is 0 Å². The maximum absolute atomic E-state index is 2.36. The van der Waals surface area contributed by atoms with Crippen molar-refractivity contribution < 1.29 is 19.9 Å². The third-order valence-corrected chi connectivity index (χ3v) is 3.58. The minimum absolute atomic E-state index is 0. The number of rotatable bonds is 3. The van der Waals surface area contributed by atoms with Crippen LogP contribution in [0, 0.1) is 0 Å². The van der Waals surface area contributed by atoms with E-state index in [0.29, 0.717) is 15.8 Å². The Morgan fingerprint density at radius 1 is 0.889 bits per heavy atom. The maximum atomic E-state index is 2.36. The molecule has 0 heterocycles. The van der Waals surface area contributed by atoms with Gasteiger partial charge in [0, 0.05) is 17.1 Å². The fourth-order valence-electron chi connectivity index (χ4n) is 0.400. The molecule has 62 valence electrons. The van der Waals surface area contributed by atoms with E-state index in [4.69, 9.17) is 0 Å². The van der Waals surface area contributed by atoms with E-state index in [1.807, 2.05) is 0 Å². The quantitative estimate of drug-likeness (QED) is 0.494. The summed E-state index contributed by atoms with van der Waals surface area (Å²) in [6.07, 6.45) is 2.96. The summed E-state index contributed by atoms with van der Waals surface area (Å²) >= 11 is 0. The predicted molar refractivity (Wildman–Crippen MR) is 49.5 cm³/mol. The van der Waals surface area contributed by atoms with E-state index < -0.39 is 0 Å². The van der Waals surface area contributed by atoms with Crippen molar-refractivity contribution >= 4 is 15.8 Å². The zero-order valence-electron chi connectivity index (χ0n) is 8.66. The van der Waals surface area contributed by atoms with E-state index in [1.165, 1.54) is 12.3 Å². The summed E-state index contributed by atoms with van der Waals surface area (Å²) in [5.74, 6) is 0. The van der Waals surface area contributed by atoms with E-state index in [2.05, 4.69) is 26.7 Å². The van der Waals surface area contributed by atoms with E-state index in [0.717, 1.165) is 0 Å². The molecule has 0 bridgehead atoms. The first-order valence-electron chi connectivity index (χ1n) is 2.92. The van der Waals surface area contributed by atoms with Crippen molar-refractivity contribution in [1.82, 2.24) is 0 Å². The van der Waals surface area contributed by atoms with Gasteiger partial charge in [0.15, 0.2) is 0 Å². The molecule has 0 N–H and O–H groups in total. The fraction of sp³-hybridized carbons (Fsp3) is 1.00. The molecule has 0 aliphatic carbocycles. The molecule has 0 aliphatic rings. The molecule has 0 nitrogen and oxygen atoms in total. The molecule has 0 unspecified atom stereocenters. The molecule has 9 heavy (non-hydrogen) atoms. The van der Waals surface area contributed by atoms with Crippen LogP contribution in [-0.2, 0) is 17.1 Å². The second-order valence-electron chi connectivity index (χ2n) is 2.61. The van der Waals surface area contributed by atoms with Gasteiger partial charge in [-0.1, -0.05) is 0 Å². The third kappa shape index (κ3) is 12.6. The van der Waals surface area contributed by atoms with Crippen molar-refractivity contribution in [3.63, 3.8) is 0 Å². The zero-order chi connectivity index (χ0) is 6.57. The topological polar surface area (TPSA) is 0 Å². The Kier molecular flexibility index (Phi) is 10.8. The van der Waals surface area contributed by atoms with Crippen LogP contribution in [0.2, 0.25) is 0 Å². The van der Waals surface area contributed by atoms with Gasteiger partial charge in [-0.25, -0.2) is 0 Å². The molecule has 3 heteroatoms. The fourth-order valence-corrected chi connectivity index (χ4v) is 3.60. The molecule has 0 radical (unpaired) electrons. The standard InChI is InChI=1S/C6H16P2.Fe.2H/c1-7(2)5-6-8(3)4;;;/h5-6H2,1-4H3;;;/q;;2*-1. The molecule has 0 amide bonds. The molecule has 0 spiro atoms. The average molecular weight is 208 g/mol. The van der Waals surface area contributed by atoms with E-state index in [1.54, 1.807) is 0 Å². The molecule has 0 atom stereocenters. The van der Waals surface area contributed by atoms with Crippen molar-refractivity contribution in [2.45, 2.75) is 0 Å². The van der Waals surface area contributed by atoms with Crippen molar-refractivity contribution in [3.05, 3.63) is 0 Å². The maximum Gasteiger partial charge on any atom is 0 e. The van der Waals surface area contributed by atoms with Crippen LogP contribution in [-0.4, -0.2) is 39.0 Å². The van der Waals surface area contributed by atoms with Crippen molar-refractivity contribution in [1.29, 1.82) is 0 Å². The molecular weight excluding hydrogens is 190 g/mol. The van der Waals surface area contributed by atoms with Gasteiger partial charge < -0.3 is 2.85 Å². The van der Waals surface area contributed by atoms with Crippen LogP contribution < -0.4 is 0 Å². The second-order valence-corrected chi connectivity index (χ2v) is 7.82. The molecule has 0 aromatic carbocycles. The molecule has 0 saturated carbocycles. The predicted octanol–water partition coefficient (Wildman–Crippen LogP) is 2.69. The SMILES string of the molecule is CP(C)CCP(C)C.[Fe].[H-].[H-]. The van der Waals surface area contributed by atoms with Crippen LogP contribution in [0.3, 0.4) is 0 Å². The smallest absolute Gasteiger partial charge is 0 e. The second kappa shape index (κ2) is 7.49. The normalized spacial score (nSPS) is 10.0. The minimum atomic E-state index is 0. The number of hydrogen-bond acceptors (Lipinski definition) is 0. The summed E-state index contributed by atoms with van der Waals surface area (Å²) in [5.41, 5.74) is 0. The Labute approximate surface area is 75.1 Å². The van der Waals surface area contributed by atoms with Crippen LogP contribution in [0.5, 0.6) is 0 Å². The van der Waals surface area contributed by atoms with Gasteiger partial charge in [-0.05, 0) is 39.0 Å².